The van der Waals surface area contributed by atoms with Crippen LogP contribution in [-0.4, -0.2) is 27.8 Å². The first-order valence-electron chi connectivity index (χ1n) is 5.63. The van der Waals surface area contributed by atoms with Crippen LogP contribution in [0.25, 0.3) is 0 Å². The Kier molecular flexibility index (Phi) is 3.56. The molecule has 0 saturated heterocycles. The molecule has 0 amide bonds. The summed E-state index contributed by atoms with van der Waals surface area (Å²) in [6, 6.07) is 12.5. The Hall–Kier alpha value is -2.69. The number of aliphatic carboxylic acids is 1. The summed E-state index contributed by atoms with van der Waals surface area (Å²) in [6.45, 7) is -0.213. The van der Waals surface area contributed by atoms with Crippen LogP contribution in [0.4, 0.5) is 11.4 Å². The summed E-state index contributed by atoms with van der Waals surface area (Å²) in [5, 5.41) is 27.5. The second-order valence-corrected chi connectivity index (χ2v) is 4.01. The van der Waals surface area contributed by atoms with E-state index in [2.05, 4.69) is 0 Å². The first kappa shape index (κ1) is 12.8. The van der Waals surface area contributed by atoms with Gasteiger partial charge >= 0.3 is 5.97 Å². The highest BCUT2D eigenvalue weighted by molar-refractivity contribution is 5.78. The number of phenolic OH excluding ortho intramolecular Hbond substituents is 2. The first-order valence-corrected chi connectivity index (χ1v) is 5.63. The lowest BCUT2D eigenvalue weighted by Gasteiger charge is -2.23. The Bertz CT molecular complexity index is 518. The number of anilines is 2. The molecule has 5 nitrogen and oxygen atoms in total. The van der Waals surface area contributed by atoms with Gasteiger partial charge in [-0.15, -0.1) is 0 Å². The van der Waals surface area contributed by atoms with E-state index in [4.69, 9.17) is 5.11 Å². The Labute approximate surface area is 110 Å². The molecule has 0 saturated carbocycles. The summed E-state index contributed by atoms with van der Waals surface area (Å²) in [5.41, 5.74) is 1.29. The molecule has 0 aliphatic rings. The van der Waals surface area contributed by atoms with Crippen LogP contribution in [0.15, 0.2) is 48.5 Å². The number of hydrogen-bond acceptors (Lipinski definition) is 4. The van der Waals surface area contributed by atoms with E-state index in [1.54, 1.807) is 29.2 Å². The van der Waals surface area contributed by atoms with Gasteiger partial charge < -0.3 is 20.2 Å². The summed E-state index contributed by atoms with van der Waals surface area (Å²) in [7, 11) is 0. The standard InChI is InChI=1S/C14H13NO4/c16-12-5-1-10(2-6-12)15(9-14(18)19)11-3-7-13(17)8-4-11/h1-8,16-17H,9H2,(H,18,19). The van der Waals surface area contributed by atoms with Crippen molar-refractivity contribution in [3.8, 4) is 11.5 Å². The van der Waals surface area contributed by atoms with E-state index >= 15 is 0 Å². The SMILES string of the molecule is O=C(O)CN(c1ccc(O)cc1)c1ccc(O)cc1. The number of carboxylic acids is 1. The molecular formula is C14H13NO4. The van der Waals surface area contributed by atoms with Gasteiger partial charge in [0.1, 0.15) is 18.0 Å². The second kappa shape index (κ2) is 5.30. The van der Waals surface area contributed by atoms with Crippen molar-refractivity contribution < 1.29 is 20.1 Å². The molecule has 0 aliphatic carbocycles. The minimum atomic E-state index is -0.971. The van der Waals surface area contributed by atoms with Gasteiger partial charge in [0.15, 0.2) is 0 Å². The van der Waals surface area contributed by atoms with Gasteiger partial charge in [-0.2, -0.15) is 0 Å². The quantitative estimate of drug-likeness (QED) is 0.785. The fraction of sp³-hybridized carbons (Fsp3) is 0.0714. The van der Waals surface area contributed by atoms with Crippen LogP contribution < -0.4 is 4.90 Å². The van der Waals surface area contributed by atoms with Crippen molar-refractivity contribution in [2.45, 2.75) is 0 Å². The zero-order valence-electron chi connectivity index (χ0n) is 10.0. The van der Waals surface area contributed by atoms with Crippen molar-refractivity contribution in [2.24, 2.45) is 0 Å². The number of rotatable bonds is 4. The van der Waals surface area contributed by atoms with E-state index in [1.165, 1.54) is 24.3 Å². The summed E-state index contributed by atoms with van der Waals surface area (Å²) in [4.78, 5) is 12.5. The summed E-state index contributed by atoms with van der Waals surface area (Å²) in [6.07, 6.45) is 0. The predicted octanol–water partition coefficient (Wildman–Crippen LogP) is 2.32. The molecule has 0 fully saturated rings. The summed E-state index contributed by atoms with van der Waals surface area (Å²) >= 11 is 0. The van der Waals surface area contributed by atoms with Crippen LogP contribution in [-0.2, 0) is 4.79 Å². The predicted molar refractivity (Wildman–Crippen MR) is 70.9 cm³/mol. The zero-order chi connectivity index (χ0) is 13.8. The van der Waals surface area contributed by atoms with E-state index in [0.29, 0.717) is 11.4 Å². The van der Waals surface area contributed by atoms with Crippen LogP contribution in [0.5, 0.6) is 11.5 Å². The average molecular weight is 259 g/mol. The Morgan fingerprint density at radius 2 is 1.21 bits per heavy atom. The largest absolute Gasteiger partial charge is 0.508 e. The molecule has 0 aliphatic heterocycles. The molecule has 2 aromatic carbocycles. The van der Waals surface area contributed by atoms with Gasteiger partial charge in [0.05, 0.1) is 0 Å². The molecule has 0 spiro atoms. The maximum atomic E-state index is 10.9. The number of carbonyl (C=O) groups is 1. The smallest absolute Gasteiger partial charge is 0.323 e. The number of carboxylic acid groups (broad SMARTS) is 1. The molecule has 98 valence electrons. The van der Waals surface area contributed by atoms with Crippen LogP contribution in [0.1, 0.15) is 0 Å². The van der Waals surface area contributed by atoms with E-state index < -0.39 is 5.97 Å². The van der Waals surface area contributed by atoms with Crippen molar-refractivity contribution in [2.75, 3.05) is 11.4 Å². The lowest BCUT2D eigenvalue weighted by molar-refractivity contribution is -0.135. The maximum absolute atomic E-state index is 10.9. The van der Waals surface area contributed by atoms with Gasteiger partial charge in [-0.3, -0.25) is 4.79 Å². The van der Waals surface area contributed by atoms with Gasteiger partial charge in [0, 0.05) is 11.4 Å². The van der Waals surface area contributed by atoms with Crippen molar-refractivity contribution in [1.29, 1.82) is 0 Å². The van der Waals surface area contributed by atoms with Crippen LogP contribution in [0, 0.1) is 0 Å². The number of aromatic hydroxyl groups is 2. The summed E-state index contributed by atoms with van der Waals surface area (Å²) < 4.78 is 0. The molecule has 0 unspecified atom stereocenters. The Balaban J connectivity index is 2.37. The lowest BCUT2D eigenvalue weighted by Crippen LogP contribution is -2.24. The zero-order valence-corrected chi connectivity index (χ0v) is 10.0. The van der Waals surface area contributed by atoms with Gasteiger partial charge in [-0.25, -0.2) is 0 Å². The Morgan fingerprint density at radius 1 is 0.842 bits per heavy atom. The van der Waals surface area contributed by atoms with Crippen molar-refractivity contribution in [3.05, 3.63) is 48.5 Å². The van der Waals surface area contributed by atoms with Crippen molar-refractivity contribution in [3.63, 3.8) is 0 Å². The molecule has 0 atom stereocenters. The molecule has 2 rings (SSSR count). The molecule has 0 heterocycles. The third kappa shape index (κ3) is 3.16. The first-order chi connectivity index (χ1) is 9.06. The van der Waals surface area contributed by atoms with E-state index in [-0.39, 0.29) is 18.0 Å². The molecule has 3 N–H and O–H groups in total. The number of nitrogens with zero attached hydrogens (tertiary/aromatic N) is 1. The highest BCUT2D eigenvalue weighted by atomic mass is 16.4. The number of phenols is 2. The van der Waals surface area contributed by atoms with Gasteiger partial charge in [-0.1, -0.05) is 0 Å². The van der Waals surface area contributed by atoms with Crippen LogP contribution >= 0.6 is 0 Å². The molecule has 19 heavy (non-hydrogen) atoms. The molecular weight excluding hydrogens is 246 g/mol. The molecule has 2 aromatic rings. The van der Waals surface area contributed by atoms with Gasteiger partial charge in [0.25, 0.3) is 0 Å². The van der Waals surface area contributed by atoms with E-state index in [0.717, 1.165) is 0 Å². The van der Waals surface area contributed by atoms with Crippen molar-refractivity contribution in [1.82, 2.24) is 0 Å². The average Bonchev–Trinajstić information content (AvgIpc) is 2.38. The van der Waals surface area contributed by atoms with Gasteiger partial charge in [-0.05, 0) is 48.5 Å². The van der Waals surface area contributed by atoms with E-state index in [1.807, 2.05) is 0 Å². The third-order valence-electron chi connectivity index (χ3n) is 2.62. The van der Waals surface area contributed by atoms with Crippen LogP contribution in [0.2, 0.25) is 0 Å². The highest BCUT2D eigenvalue weighted by Gasteiger charge is 2.13. The maximum Gasteiger partial charge on any atom is 0.323 e. The van der Waals surface area contributed by atoms with E-state index in [9.17, 15) is 15.0 Å². The molecule has 0 aromatic heterocycles. The monoisotopic (exact) mass is 259 g/mol. The highest BCUT2D eigenvalue weighted by Crippen LogP contribution is 2.27. The third-order valence-corrected chi connectivity index (χ3v) is 2.62. The fourth-order valence-electron chi connectivity index (χ4n) is 1.73. The minimum absolute atomic E-state index is 0.115. The Morgan fingerprint density at radius 3 is 1.53 bits per heavy atom. The van der Waals surface area contributed by atoms with Crippen molar-refractivity contribution >= 4 is 17.3 Å². The molecule has 0 radical (unpaired) electrons. The topological polar surface area (TPSA) is 81.0 Å². The van der Waals surface area contributed by atoms with Gasteiger partial charge in [0.2, 0.25) is 0 Å². The molecule has 0 bridgehead atoms. The fourth-order valence-corrected chi connectivity index (χ4v) is 1.73. The summed E-state index contributed by atoms with van der Waals surface area (Å²) in [5.74, 6) is -0.740. The van der Waals surface area contributed by atoms with Crippen LogP contribution in [0.3, 0.4) is 0 Å². The number of hydrogen-bond donors (Lipinski definition) is 3. The number of benzene rings is 2. The minimum Gasteiger partial charge on any atom is -0.508 e. The lowest BCUT2D eigenvalue weighted by atomic mass is 10.2. The second-order valence-electron chi connectivity index (χ2n) is 4.01. The normalized spacial score (nSPS) is 10.1. The molecule has 5 heteroatoms.